The SMILES string of the molecule is O=C(N[C@H]1CCN(c2ccc(F)c(Cl)c2)C1)N1CCC[C@H]1CO. The van der Waals surface area contributed by atoms with Crippen molar-refractivity contribution in [3.8, 4) is 0 Å². The zero-order chi connectivity index (χ0) is 16.4. The van der Waals surface area contributed by atoms with Crippen LogP contribution in [0.15, 0.2) is 18.2 Å². The summed E-state index contributed by atoms with van der Waals surface area (Å²) in [6.45, 7) is 2.17. The Morgan fingerprint density at radius 1 is 1.39 bits per heavy atom. The zero-order valence-electron chi connectivity index (χ0n) is 12.8. The lowest BCUT2D eigenvalue weighted by molar-refractivity contribution is 0.155. The van der Waals surface area contributed by atoms with E-state index < -0.39 is 5.82 Å². The van der Waals surface area contributed by atoms with Crippen LogP contribution < -0.4 is 10.2 Å². The van der Waals surface area contributed by atoms with Gasteiger partial charge in [-0.15, -0.1) is 0 Å². The Bertz CT molecular complexity index is 586. The molecule has 2 heterocycles. The lowest BCUT2D eigenvalue weighted by Crippen LogP contribution is -2.48. The van der Waals surface area contributed by atoms with Crippen LogP contribution >= 0.6 is 11.6 Å². The third kappa shape index (κ3) is 3.53. The van der Waals surface area contributed by atoms with Crippen LogP contribution in [0, 0.1) is 5.82 Å². The highest BCUT2D eigenvalue weighted by Crippen LogP contribution is 2.26. The molecule has 23 heavy (non-hydrogen) atoms. The standard InChI is InChI=1S/C16H21ClFN3O2/c17-14-8-12(3-4-15(14)18)20-7-5-11(9-20)19-16(23)21-6-1-2-13(21)10-22/h3-4,8,11,13,22H,1-2,5-7,9-10H2,(H,19,23)/t11-,13-/m0/s1. The summed E-state index contributed by atoms with van der Waals surface area (Å²) in [6.07, 6.45) is 2.62. The van der Waals surface area contributed by atoms with Crippen molar-refractivity contribution in [3.05, 3.63) is 29.0 Å². The summed E-state index contributed by atoms with van der Waals surface area (Å²) in [5.74, 6) is -0.427. The van der Waals surface area contributed by atoms with Crippen LogP contribution in [-0.2, 0) is 0 Å². The Morgan fingerprint density at radius 2 is 2.22 bits per heavy atom. The third-order valence-electron chi connectivity index (χ3n) is 4.63. The molecular weight excluding hydrogens is 321 g/mol. The van der Waals surface area contributed by atoms with Crippen LogP contribution in [0.25, 0.3) is 0 Å². The average Bonchev–Trinajstić information content (AvgIpc) is 3.18. The van der Waals surface area contributed by atoms with E-state index in [9.17, 15) is 14.3 Å². The molecule has 0 radical (unpaired) electrons. The number of carbonyl (C=O) groups is 1. The first-order valence-corrected chi connectivity index (χ1v) is 8.34. The number of aliphatic hydroxyl groups is 1. The summed E-state index contributed by atoms with van der Waals surface area (Å²) >= 11 is 5.83. The zero-order valence-corrected chi connectivity index (χ0v) is 13.6. The number of halogens is 2. The highest BCUT2D eigenvalue weighted by Gasteiger charge is 2.31. The van der Waals surface area contributed by atoms with Crippen molar-refractivity contribution in [3.63, 3.8) is 0 Å². The fraction of sp³-hybridized carbons (Fsp3) is 0.562. The van der Waals surface area contributed by atoms with E-state index in [2.05, 4.69) is 10.2 Å². The molecule has 2 aliphatic heterocycles. The summed E-state index contributed by atoms with van der Waals surface area (Å²) in [5, 5.41) is 12.5. The first-order chi connectivity index (χ1) is 11.1. The van der Waals surface area contributed by atoms with Gasteiger partial charge >= 0.3 is 6.03 Å². The molecule has 1 aromatic rings. The van der Waals surface area contributed by atoms with Crippen molar-refractivity contribution in [2.24, 2.45) is 0 Å². The maximum Gasteiger partial charge on any atom is 0.318 e. The van der Waals surface area contributed by atoms with E-state index in [-0.39, 0.29) is 29.7 Å². The molecule has 2 aliphatic rings. The number of hydrogen-bond donors (Lipinski definition) is 2. The lowest BCUT2D eigenvalue weighted by Gasteiger charge is -2.25. The molecule has 2 N–H and O–H groups in total. The van der Waals surface area contributed by atoms with Gasteiger partial charge in [0.25, 0.3) is 0 Å². The van der Waals surface area contributed by atoms with Crippen LogP contribution in [0.5, 0.6) is 0 Å². The highest BCUT2D eigenvalue weighted by molar-refractivity contribution is 6.31. The Kier molecular flexibility index (Phi) is 4.92. The fourth-order valence-corrected chi connectivity index (χ4v) is 3.52. The van der Waals surface area contributed by atoms with Gasteiger partial charge < -0.3 is 20.2 Å². The van der Waals surface area contributed by atoms with Crippen molar-refractivity contribution in [1.29, 1.82) is 0 Å². The van der Waals surface area contributed by atoms with Gasteiger partial charge in [0.05, 0.1) is 17.7 Å². The largest absolute Gasteiger partial charge is 0.394 e. The molecule has 2 atom stereocenters. The molecule has 1 aromatic carbocycles. The van der Waals surface area contributed by atoms with Crippen LogP contribution in [-0.4, -0.2) is 54.4 Å². The van der Waals surface area contributed by atoms with E-state index in [1.54, 1.807) is 17.0 Å². The number of carbonyl (C=O) groups excluding carboxylic acids is 1. The smallest absolute Gasteiger partial charge is 0.318 e. The van der Waals surface area contributed by atoms with Gasteiger partial charge in [0.1, 0.15) is 5.82 Å². The van der Waals surface area contributed by atoms with Crippen LogP contribution in [0.1, 0.15) is 19.3 Å². The minimum Gasteiger partial charge on any atom is -0.394 e. The summed E-state index contributed by atoms with van der Waals surface area (Å²) in [6, 6.07) is 4.55. The molecule has 126 valence electrons. The molecule has 2 fully saturated rings. The van der Waals surface area contributed by atoms with E-state index in [4.69, 9.17) is 11.6 Å². The molecule has 0 unspecified atom stereocenters. The molecule has 7 heteroatoms. The van der Waals surface area contributed by atoms with Crippen molar-refractivity contribution < 1.29 is 14.3 Å². The number of aliphatic hydroxyl groups excluding tert-OH is 1. The number of rotatable bonds is 3. The summed E-state index contributed by atoms with van der Waals surface area (Å²) < 4.78 is 13.2. The Hall–Kier alpha value is -1.53. The maximum atomic E-state index is 13.2. The van der Waals surface area contributed by atoms with Gasteiger partial charge in [-0.25, -0.2) is 9.18 Å². The van der Waals surface area contributed by atoms with Gasteiger partial charge in [-0.2, -0.15) is 0 Å². The van der Waals surface area contributed by atoms with Gasteiger partial charge in [0.2, 0.25) is 0 Å². The van der Waals surface area contributed by atoms with Crippen LogP contribution in [0.4, 0.5) is 14.9 Å². The van der Waals surface area contributed by atoms with Gasteiger partial charge in [-0.3, -0.25) is 0 Å². The second-order valence-corrected chi connectivity index (χ2v) is 6.56. The second-order valence-electron chi connectivity index (χ2n) is 6.15. The maximum absolute atomic E-state index is 13.2. The minimum atomic E-state index is -0.427. The van der Waals surface area contributed by atoms with Crippen molar-refractivity contribution >= 4 is 23.3 Å². The van der Waals surface area contributed by atoms with Crippen LogP contribution in [0.3, 0.4) is 0 Å². The molecule has 0 spiro atoms. The third-order valence-corrected chi connectivity index (χ3v) is 4.92. The normalized spacial score (nSPS) is 24.3. The second kappa shape index (κ2) is 6.93. The molecule has 2 saturated heterocycles. The van der Waals surface area contributed by atoms with Crippen molar-refractivity contribution in [2.45, 2.75) is 31.3 Å². The summed E-state index contributed by atoms with van der Waals surface area (Å²) in [5.41, 5.74) is 0.863. The van der Waals surface area contributed by atoms with E-state index in [1.807, 2.05) is 0 Å². The van der Waals surface area contributed by atoms with Crippen molar-refractivity contribution in [2.75, 3.05) is 31.1 Å². The monoisotopic (exact) mass is 341 g/mol. The highest BCUT2D eigenvalue weighted by atomic mass is 35.5. The Labute approximate surface area is 140 Å². The summed E-state index contributed by atoms with van der Waals surface area (Å²) in [7, 11) is 0. The first-order valence-electron chi connectivity index (χ1n) is 7.96. The molecular formula is C16H21ClFN3O2. The van der Waals surface area contributed by atoms with Crippen LogP contribution in [0.2, 0.25) is 5.02 Å². The van der Waals surface area contributed by atoms with E-state index >= 15 is 0 Å². The van der Waals surface area contributed by atoms with Gasteiger partial charge in [0.15, 0.2) is 0 Å². The van der Waals surface area contributed by atoms with Crippen molar-refractivity contribution in [1.82, 2.24) is 10.2 Å². The number of benzene rings is 1. The summed E-state index contributed by atoms with van der Waals surface area (Å²) in [4.78, 5) is 16.1. The average molecular weight is 342 g/mol. The lowest BCUT2D eigenvalue weighted by atomic mass is 10.2. The van der Waals surface area contributed by atoms with E-state index in [0.29, 0.717) is 13.1 Å². The molecule has 2 amide bonds. The quantitative estimate of drug-likeness (QED) is 0.886. The molecule has 0 saturated carbocycles. The Balaban J connectivity index is 1.57. The minimum absolute atomic E-state index is 0.0122. The number of nitrogens with one attached hydrogen (secondary N) is 1. The number of nitrogens with zero attached hydrogens (tertiary/aromatic N) is 2. The predicted molar refractivity (Wildman–Crippen MR) is 87.4 cm³/mol. The van der Waals surface area contributed by atoms with Gasteiger partial charge in [-0.1, -0.05) is 11.6 Å². The Morgan fingerprint density at radius 3 is 2.96 bits per heavy atom. The topological polar surface area (TPSA) is 55.8 Å². The molecule has 0 aliphatic carbocycles. The number of urea groups is 1. The number of amides is 2. The van der Waals surface area contributed by atoms with E-state index in [1.165, 1.54) is 6.07 Å². The number of anilines is 1. The fourth-order valence-electron chi connectivity index (χ4n) is 3.34. The van der Waals surface area contributed by atoms with Gasteiger partial charge in [-0.05, 0) is 37.5 Å². The molecule has 3 rings (SSSR count). The first kappa shape index (κ1) is 16.3. The number of likely N-dealkylation sites (tertiary alicyclic amines) is 1. The van der Waals surface area contributed by atoms with E-state index in [0.717, 1.165) is 31.5 Å². The number of hydrogen-bond acceptors (Lipinski definition) is 3. The molecule has 0 bridgehead atoms. The molecule has 0 aromatic heterocycles. The van der Waals surface area contributed by atoms with Gasteiger partial charge in [0, 0.05) is 31.4 Å². The predicted octanol–water partition coefficient (Wildman–Crippen LogP) is 2.22. The molecule has 5 nitrogen and oxygen atoms in total.